The number of ether oxygens (including phenoxy) is 1. The molecule has 0 atom stereocenters. The van der Waals surface area contributed by atoms with Crippen LogP contribution in [0.1, 0.15) is 16.7 Å². The molecular formula is C21H18N2O3. The van der Waals surface area contributed by atoms with Crippen molar-refractivity contribution in [3.8, 4) is 6.07 Å². The molecule has 130 valence electrons. The first-order valence-electron chi connectivity index (χ1n) is 8.36. The quantitative estimate of drug-likeness (QED) is 0.485. The Labute approximate surface area is 152 Å². The highest BCUT2D eigenvalue weighted by atomic mass is 16.5. The first-order valence-corrected chi connectivity index (χ1v) is 8.36. The zero-order chi connectivity index (χ0) is 18.4. The van der Waals surface area contributed by atoms with Crippen LogP contribution in [0, 0.1) is 11.3 Å². The third-order valence-corrected chi connectivity index (χ3v) is 4.26. The highest BCUT2D eigenvalue weighted by Gasteiger charge is 2.22. The van der Waals surface area contributed by atoms with E-state index in [4.69, 9.17) is 10.00 Å². The fourth-order valence-electron chi connectivity index (χ4n) is 2.86. The van der Waals surface area contributed by atoms with Crippen molar-refractivity contribution in [2.45, 2.75) is 13.0 Å². The van der Waals surface area contributed by atoms with E-state index in [2.05, 4.69) is 6.07 Å². The average molecular weight is 346 g/mol. The molecule has 0 bridgehead atoms. The van der Waals surface area contributed by atoms with E-state index in [9.17, 15) is 9.59 Å². The van der Waals surface area contributed by atoms with Gasteiger partial charge in [0.15, 0.2) is 6.61 Å². The van der Waals surface area contributed by atoms with Crippen LogP contribution in [-0.2, 0) is 27.3 Å². The van der Waals surface area contributed by atoms with Crippen LogP contribution in [0.15, 0.2) is 60.2 Å². The van der Waals surface area contributed by atoms with Gasteiger partial charge in [-0.1, -0.05) is 54.6 Å². The molecule has 1 aliphatic heterocycles. The summed E-state index contributed by atoms with van der Waals surface area (Å²) in [5, 5.41) is 9.17. The van der Waals surface area contributed by atoms with Gasteiger partial charge in [0.1, 0.15) is 11.6 Å². The molecule has 0 saturated heterocycles. The number of nitriles is 1. The summed E-state index contributed by atoms with van der Waals surface area (Å²) in [6.07, 6.45) is 2.23. The molecule has 5 heteroatoms. The van der Waals surface area contributed by atoms with Crippen LogP contribution in [0.25, 0.3) is 6.08 Å². The van der Waals surface area contributed by atoms with Crippen LogP contribution in [0.3, 0.4) is 0 Å². The average Bonchev–Trinajstić information content (AvgIpc) is 2.70. The van der Waals surface area contributed by atoms with Crippen molar-refractivity contribution >= 4 is 18.0 Å². The monoisotopic (exact) mass is 346 g/mol. The lowest BCUT2D eigenvalue weighted by Gasteiger charge is -2.28. The minimum Gasteiger partial charge on any atom is -0.451 e. The lowest BCUT2D eigenvalue weighted by molar-refractivity contribution is -0.149. The number of esters is 1. The van der Waals surface area contributed by atoms with Crippen molar-refractivity contribution < 1.29 is 14.3 Å². The number of rotatable bonds is 4. The van der Waals surface area contributed by atoms with Gasteiger partial charge < -0.3 is 9.64 Å². The number of benzene rings is 2. The molecule has 5 nitrogen and oxygen atoms in total. The predicted octanol–water partition coefficient (Wildman–Crippen LogP) is 2.72. The van der Waals surface area contributed by atoms with Gasteiger partial charge in [-0.15, -0.1) is 0 Å². The van der Waals surface area contributed by atoms with Gasteiger partial charge in [0.05, 0.1) is 0 Å². The fourth-order valence-corrected chi connectivity index (χ4v) is 2.86. The van der Waals surface area contributed by atoms with Crippen molar-refractivity contribution in [2.24, 2.45) is 0 Å². The van der Waals surface area contributed by atoms with Crippen LogP contribution in [0.4, 0.5) is 0 Å². The first kappa shape index (κ1) is 17.4. The number of amides is 1. The van der Waals surface area contributed by atoms with E-state index in [0.717, 1.165) is 17.5 Å². The smallest absolute Gasteiger partial charge is 0.349 e. The lowest BCUT2D eigenvalue weighted by Crippen LogP contribution is -2.38. The molecule has 0 radical (unpaired) electrons. The Morgan fingerprint density at radius 2 is 1.77 bits per heavy atom. The standard InChI is InChI=1S/C21H18N2O3/c22-13-19(12-16-6-2-1-3-7-16)21(25)26-15-20(24)23-11-10-17-8-4-5-9-18(17)14-23/h1-9,12H,10-11,14-15H2/b19-12-. The molecule has 1 heterocycles. The molecule has 1 aliphatic rings. The molecule has 0 N–H and O–H groups in total. The largest absolute Gasteiger partial charge is 0.451 e. The third kappa shape index (κ3) is 4.17. The maximum Gasteiger partial charge on any atom is 0.349 e. The molecule has 0 saturated carbocycles. The van der Waals surface area contributed by atoms with E-state index >= 15 is 0 Å². The summed E-state index contributed by atoms with van der Waals surface area (Å²) in [5.74, 6) is -1.05. The van der Waals surface area contributed by atoms with Crippen molar-refractivity contribution in [2.75, 3.05) is 13.2 Å². The van der Waals surface area contributed by atoms with Crippen LogP contribution in [0.5, 0.6) is 0 Å². The van der Waals surface area contributed by atoms with E-state index in [1.165, 1.54) is 11.6 Å². The van der Waals surface area contributed by atoms with E-state index in [1.807, 2.05) is 42.5 Å². The summed E-state index contributed by atoms with van der Waals surface area (Å²) in [4.78, 5) is 26.1. The number of fused-ring (bicyclic) bond motifs is 1. The van der Waals surface area contributed by atoms with E-state index < -0.39 is 5.97 Å². The summed E-state index contributed by atoms with van der Waals surface area (Å²) in [5.41, 5.74) is 2.94. The van der Waals surface area contributed by atoms with Gasteiger partial charge in [-0.25, -0.2) is 4.79 Å². The third-order valence-electron chi connectivity index (χ3n) is 4.26. The summed E-state index contributed by atoms with van der Waals surface area (Å²) in [7, 11) is 0. The topological polar surface area (TPSA) is 70.4 Å². The normalized spacial score (nSPS) is 13.5. The number of carbonyl (C=O) groups excluding carboxylic acids is 2. The van der Waals surface area contributed by atoms with Gasteiger partial charge in [-0.2, -0.15) is 5.26 Å². The molecule has 0 fully saturated rings. The van der Waals surface area contributed by atoms with Gasteiger partial charge in [-0.05, 0) is 29.2 Å². The maximum atomic E-state index is 12.3. The Kier molecular flexibility index (Phi) is 5.45. The number of carbonyl (C=O) groups is 2. The Hall–Kier alpha value is -3.39. The molecule has 1 amide bonds. The molecular weight excluding hydrogens is 328 g/mol. The molecule has 26 heavy (non-hydrogen) atoms. The molecule has 0 unspecified atom stereocenters. The molecule has 3 rings (SSSR count). The zero-order valence-electron chi connectivity index (χ0n) is 14.2. The van der Waals surface area contributed by atoms with Crippen LogP contribution in [-0.4, -0.2) is 29.9 Å². The van der Waals surface area contributed by atoms with Crippen molar-refractivity contribution in [3.05, 3.63) is 76.9 Å². The second kappa shape index (κ2) is 8.13. The van der Waals surface area contributed by atoms with Gasteiger partial charge in [0.25, 0.3) is 5.91 Å². The molecule has 0 aliphatic carbocycles. The Morgan fingerprint density at radius 1 is 1.08 bits per heavy atom. The highest BCUT2D eigenvalue weighted by molar-refractivity contribution is 5.98. The second-order valence-corrected chi connectivity index (χ2v) is 5.99. The molecule has 2 aromatic carbocycles. The van der Waals surface area contributed by atoms with Gasteiger partial charge in [0.2, 0.25) is 0 Å². The summed E-state index contributed by atoms with van der Waals surface area (Å²) >= 11 is 0. The Bertz CT molecular complexity index is 882. The maximum absolute atomic E-state index is 12.3. The lowest BCUT2D eigenvalue weighted by atomic mass is 10.00. The summed E-state index contributed by atoms with van der Waals surface area (Å²) in [6, 6.07) is 18.8. The summed E-state index contributed by atoms with van der Waals surface area (Å²) in [6.45, 7) is 0.741. The van der Waals surface area contributed by atoms with Crippen LogP contribution in [0.2, 0.25) is 0 Å². The van der Waals surface area contributed by atoms with Gasteiger partial charge >= 0.3 is 5.97 Å². The first-order chi connectivity index (χ1) is 12.7. The molecule has 0 aromatic heterocycles. The second-order valence-electron chi connectivity index (χ2n) is 5.99. The SMILES string of the molecule is N#C/C(=C/c1ccccc1)C(=O)OCC(=O)N1CCc2ccccc2C1. The molecule has 0 spiro atoms. The highest BCUT2D eigenvalue weighted by Crippen LogP contribution is 2.18. The van der Waals surface area contributed by atoms with E-state index in [-0.39, 0.29) is 18.1 Å². The minimum atomic E-state index is -0.790. The zero-order valence-corrected chi connectivity index (χ0v) is 14.2. The molecule has 2 aromatic rings. The predicted molar refractivity (Wildman–Crippen MR) is 96.6 cm³/mol. The number of hydrogen-bond donors (Lipinski definition) is 0. The van der Waals surface area contributed by atoms with Crippen molar-refractivity contribution in [3.63, 3.8) is 0 Å². The van der Waals surface area contributed by atoms with Crippen LogP contribution < -0.4 is 0 Å². The van der Waals surface area contributed by atoms with Crippen molar-refractivity contribution in [1.82, 2.24) is 4.90 Å². The van der Waals surface area contributed by atoms with Gasteiger partial charge in [0, 0.05) is 13.1 Å². The van der Waals surface area contributed by atoms with E-state index in [1.54, 1.807) is 17.0 Å². The fraction of sp³-hybridized carbons (Fsp3) is 0.190. The Morgan fingerprint density at radius 3 is 2.50 bits per heavy atom. The summed E-state index contributed by atoms with van der Waals surface area (Å²) < 4.78 is 5.05. The van der Waals surface area contributed by atoms with E-state index in [0.29, 0.717) is 13.1 Å². The van der Waals surface area contributed by atoms with Gasteiger partial charge in [-0.3, -0.25) is 4.79 Å². The Balaban J connectivity index is 1.58. The number of nitrogens with zero attached hydrogens (tertiary/aromatic N) is 2. The van der Waals surface area contributed by atoms with Crippen molar-refractivity contribution in [1.29, 1.82) is 5.26 Å². The van der Waals surface area contributed by atoms with Crippen LogP contribution >= 0.6 is 0 Å². The minimum absolute atomic E-state index is 0.131. The number of hydrogen-bond acceptors (Lipinski definition) is 4.